The second-order valence-corrected chi connectivity index (χ2v) is 4.05. The number of ketones is 1. The smallest absolute Gasteiger partial charge is 0.337 e. The molecule has 0 radical (unpaired) electrons. The van der Waals surface area contributed by atoms with E-state index < -0.39 is 5.97 Å². The van der Waals surface area contributed by atoms with Gasteiger partial charge in [0.25, 0.3) is 0 Å². The molecule has 0 bridgehead atoms. The number of methoxy groups -OCH3 is 1. The van der Waals surface area contributed by atoms with E-state index in [0.717, 1.165) is 0 Å². The SMILES string of the molecule is COC(=O)c1ccc(Oc2ccc(C(C)=O)nc2)cc1. The van der Waals surface area contributed by atoms with E-state index in [-0.39, 0.29) is 5.78 Å². The molecule has 0 atom stereocenters. The Morgan fingerprint density at radius 3 is 2.15 bits per heavy atom. The van der Waals surface area contributed by atoms with Gasteiger partial charge in [-0.2, -0.15) is 0 Å². The van der Waals surface area contributed by atoms with Crippen LogP contribution in [0.25, 0.3) is 0 Å². The lowest BCUT2D eigenvalue weighted by Gasteiger charge is -2.06. The van der Waals surface area contributed by atoms with Crippen LogP contribution in [0.2, 0.25) is 0 Å². The van der Waals surface area contributed by atoms with E-state index in [1.54, 1.807) is 36.4 Å². The summed E-state index contributed by atoms with van der Waals surface area (Å²) in [6, 6.07) is 9.80. The van der Waals surface area contributed by atoms with Crippen molar-refractivity contribution in [1.82, 2.24) is 4.98 Å². The molecule has 1 heterocycles. The second-order valence-electron chi connectivity index (χ2n) is 4.05. The molecule has 2 rings (SSSR count). The molecule has 20 heavy (non-hydrogen) atoms. The fourth-order valence-corrected chi connectivity index (χ4v) is 1.56. The van der Waals surface area contributed by atoms with Crippen LogP contribution >= 0.6 is 0 Å². The third-order valence-corrected chi connectivity index (χ3v) is 2.61. The normalized spacial score (nSPS) is 9.90. The van der Waals surface area contributed by atoms with Crippen LogP contribution in [0.1, 0.15) is 27.8 Å². The molecule has 1 aromatic heterocycles. The third-order valence-electron chi connectivity index (χ3n) is 2.61. The van der Waals surface area contributed by atoms with Crippen molar-refractivity contribution in [1.29, 1.82) is 0 Å². The van der Waals surface area contributed by atoms with Gasteiger partial charge in [-0.3, -0.25) is 4.79 Å². The Morgan fingerprint density at radius 1 is 1.00 bits per heavy atom. The van der Waals surface area contributed by atoms with Crippen LogP contribution in [0.5, 0.6) is 11.5 Å². The molecule has 5 heteroatoms. The van der Waals surface area contributed by atoms with Crippen LogP contribution in [0.4, 0.5) is 0 Å². The van der Waals surface area contributed by atoms with Gasteiger partial charge in [-0.25, -0.2) is 9.78 Å². The Balaban J connectivity index is 2.10. The molecule has 0 amide bonds. The van der Waals surface area contributed by atoms with Crippen LogP contribution in [-0.2, 0) is 4.74 Å². The summed E-state index contributed by atoms with van der Waals surface area (Å²) in [7, 11) is 1.33. The highest BCUT2D eigenvalue weighted by atomic mass is 16.5. The predicted molar refractivity (Wildman–Crippen MR) is 72.1 cm³/mol. The lowest BCUT2D eigenvalue weighted by Crippen LogP contribution is -2.00. The van der Waals surface area contributed by atoms with Crippen LogP contribution < -0.4 is 4.74 Å². The standard InChI is InChI=1S/C15H13NO4/c1-10(17)14-8-7-13(9-16-14)20-12-5-3-11(4-6-12)15(18)19-2/h3-9H,1-2H3. The molecule has 0 fully saturated rings. The summed E-state index contributed by atoms with van der Waals surface area (Å²) in [5, 5.41) is 0. The van der Waals surface area contributed by atoms with E-state index in [1.807, 2.05) is 0 Å². The molecule has 0 saturated carbocycles. The van der Waals surface area contributed by atoms with Crippen LogP contribution in [0.3, 0.4) is 0 Å². The maximum Gasteiger partial charge on any atom is 0.337 e. The highest BCUT2D eigenvalue weighted by molar-refractivity contribution is 5.92. The highest BCUT2D eigenvalue weighted by Crippen LogP contribution is 2.21. The molecule has 0 unspecified atom stereocenters. The van der Waals surface area contributed by atoms with Crippen molar-refractivity contribution in [2.75, 3.05) is 7.11 Å². The van der Waals surface area contributed by atoms with Crippen molar-refractivity contribution in [3.8, 4) is 11.5 Å². The number of aromatic nitrogens is 1. The Morgan fingerprint density at radius 2 is 1.65 bits per heavy atom. The molecule has 0 aliphatic carbocycles. The van der Waals surface area contributed by atoms with Gasteiger partial charge in [-0.15, -0.1) is 0 Å². The Bertz CT molecular complexity index is 617. The predicted octanol–water partition coefficient (Wildman–Crippen LogP) is 2.86. The van der Waals surface area contributed by atoms with Gasteiger partial charge in [-0.05, 0) is 36.4 Å². The van der Waals surface area contributed by atoms with Gasteiger partial charge in [0.2, 0.25) is 0 Å². The fourth-order valence-electron chi connectivity index (χ4n) is 1.56. The van der Waals surface area contributed by atoms with Crippen molar-refractivity contribution in [2.45, 2.75) is 6.92 Å². The number of Topliss-reactive ketones (excluding diaryl/α,β-unsaturated/α-hetero) is 1. The first kappa shape index (κ1) is 13.7. The molecule has 2 aromatic rings. The van der Waals surface area contributed by atoms with Crippen molar-refractivity contribution < 1.29 is 19.1 Å². The minimum atomic E-state index is -0.399. The zero-order valence-corrected chi connectivity index (χ0v) is 11.1. The average Bonchev–Trinajstić information content (AvgIpc) is 2.48. The van der Waals surface area contributed by atoms with E-state index >= 15 is 0 Å². The zero-order chi connectivity index (χ0) is 14.5. The second kappa shape index (κ2) is 5.97. The maximum absolute atomic E-state index is 11.3. The van der Waals surface area contributed by atoms with Gasteiger partial charge in [0.1, 0.15) is 17.2 Å². The van der Waals surface area contributed by atoms with E-state index in [2.05, 4.69) is 9.72 Å². The number of benzene rings is 1. The summed E-state index contributed by atoms with van der Waals surface area (Å²) in [6.07, 6.45) is 1.48. The number of hydrogen-bond donors (Lipinski definition) is 0. The van der Waals surface area contributed by atoms with Gasteiger partial charge in [0, 0.05) is 6.92 Å². The Hall–Kier alpha value is -2.69. The Labute approximate surface area is 116 Å². The molecule has 0 aliphatic rings. The summed E-state index contributed by atoms with van der Waals surface area (Å²) in [5.74, 6) is 0.582. The largest absolute Gasteiger partial charge is 0.465 e. The number of pyridine rings is 1. The summed E-state index contributed by atoms with van der Waals surface area (Å²) in [4.78, 5) is 26.4. The van der Waals surface area contributed by atoms with Crippen molar-refractivity contribution in [3.05, 3.63) is 53.9 Å². The summed E-state index contributed by atoms with van der Waals surface area (Å²) < 4.78 is 10.2. The average molecular weight is 271 g/mol. The minimum Gasteiger partial charge on any atom is -0.465 e. The molecule has 102 valence electrons. The first-order valence-electron chi connectivity index (χ1n) is 5.93. The highest BCUT2D eigenvalue weighted by Gasteiger charge is 2.06. The number of nitrogens with zero attached hydrogens (tertiary/aromatic N) is 1. The van der Waals surface area contributed by atoms with Gasteiger partial charge in [0.15, 0.2) is 5.78 Å². The molecule has 0 N–H and O–H groups in total. The van der Waals surface area contributed by atoms with Gasteiger partial charge in [0.05, 0.1) is 18.9 Å². The summed E-state index contributed by atoms with van der Waals surface area (Å²) in [6.45, 7) is 1.45. The van der Waals surface area contributed by atoms with Crippen LogP contribution in [0, 0.1) is 0 Å². The molecule has 0 spiro atoms. The van der Waals surface area contributed by atoms with E-state index in [0.29, 0.717) is 22.8 Å². The lowest BCUT2D eigenvalue weighted by molar-refractivity contribution is 0.0600. The molecule has 0 aliphatic heterocycles. The van der Waals surface area contributed by atoms with Crippen molar-refractivity contribution >= 4 is 11.8 Å². The van der Waals surface area contributed by atoms with E-state index in [9.17, 15) is 9.59 Å². The number of rotatable bonds is 4. The first-order valence-corrected chi connectivity index (χ1v) is 5.93. The van der Waals surface area contributed by atoms with E-state index in [1.165, 1.54) is 20.2 Å². The van der Waals surface area contributed by atoms with Gasteiger partial charge in [-0.1, -0.05) is 0 Å². The minimum absolute atomic E-state index is 0.0982. The number of carbonyl (C=O) groups excluding carboxylic acids is 2. The number of hydrogen-bond acceptors (Lipinski definition) is 5. The fraction of sp³-hybridized carbons (Fsp3) is 0.133. The quantitative estimate of drug-likeness (QED) is 0.632. The maximum atomic E-state index is 11.3. The molecule has 0 saturated heterocycles. The van der Waals surface area contributed by atoms with Crippen molar-refractivity contribution in [3.63, 3.8) is 0 Å². The lowest BCUT2D eigenvalue weighted by atomic mass is 10.2. The number of esters is 1. The van der Waals surface area contributed by atoms with Crippen LogP contribution in [-0.4, -0.2) is 23.8 Å². The van der Waals surface area contributed by atoms with Crippen LogP contribution in [0.15, 0.2) is 42.6 Å². The van der Waals surface area contributed by atoms with Crippen molar-refractivity contribution in [2.24, 2.45) is 0 Å². The van der Waals surface area contributed by atoms with Gasteiger partial charge < -0.3 is 9.47 Å². The zero-order valence-electron chi connectivity index (χ0n) is 11.1. The molecular weight excluding hydrogens is 258 g/mol. The molecule has 1 aromatic carbocycles. The molecular formula is C15H13NO4. The first-order chi connectivity index (χ1) is 9.60. The van der Waals surface area contributed by atoms with Gasteiger partial charge >= 0.3 is 5.97 Å². The third kappa shape index (κ3) is 3.20. The van der Waals surface area contributed by atoms with E-state index in [4.69, 9.17) is 4.74 Å². The summed E-state index contributed by atoms with van der Waals surface area (Å²) in [5.41, 5.74) is 0.836. The topological polar surface area (TPSA) is 65.5 Å². The number of carbonyl (C=O) groups is 2. The Kier molecular flexibility index (Phi) is 4.10. The number of ether oxygens (including phenoxy) is 2. The monoisotopic (exact) mass is 271 g/mol. The molecule has 5 nitrogen and oxygen atoms in total. The summed E-state index contributed by atoms with van der Waals surface area (Å²) >= 11 is 0.